The molecule has 0 amide bonds. The van der Waals surface area contributed by atoms with Crippen molar-refractivity contribution in [2.75, 3.05) is 0 Å². The first-order chi connectivity index (χ1) is 7.47. The summed E-state index contributed by atoms with van der Waals surface area (Å²) >= 11 is 0. The van der Waals surface area contributed by atoms with Gasteiger partial charge in [0.1, 0.15) is 17.1 Å². The minimum absolute atomic E-state index is 0.0513. The lowest BCUT2D eigenvalue weighted by Crippen LogP contribution is -2.36. The van der Waals surface area contributed by atoms with E-state index in [9.17, 15) is 9.18 Å². The number of carbonyl (C=O) groups excluding carboxylic acids is 1. The van der Waals surface area contributed by atoms with Gasteiger partial charge in [-0.15, -0.1) is 6.42 Å². The maximum Gasteiger partial charge on any atom is 0.193 e. The first-order valence-electron chi connectivity index (χ1n) is 4.87. The van der Waals surface area contributed by atoms with Crippen molar-refractivity contribution in [3.8, 4) is 12.3 Å². The summed E-state index contributed by atoms with van der Waals surface area (Å²) in [6.07, 6.45) is 5.32. The van der Waals surface area contributed by atoms with Gasteiger partial charge in [-0.2, -0.15) is 0 Å². The third kappa shape index (κ3) is 1.35. The molecule has 2 rings (SSSR count). The van der Waals surface area contributed by atoms with Gasteiger partial charge >= 0.3 is 0 Å². The van der Waals surface area contributed by atoms with Crippen molar-refractivity contribution >= 4 is 11.5 Å². The summed E-state index contributed by atoms with van der Waals surface area (Å²) < 4.78 is 13.6. The summed E-state index contributed by atoms with van der Waals surface area (Å²) in [6, 6.07) is 4.39. The van der Waals surface area contributed by atoms with E-state index in [2.05, 4.69) is 10.9 Å². The van der Waals surface area contributed by atoms with Gasteiger partial charge in [0.05, 0.1) is 5.56 Å². The van der Waals surface area contributed by atoms with Crippen molar-refractivity contribution in [3.05, 3.63) is 35.1 Å². The van der Waals surface area contributed by atoms with Gasteiger partial charge in [0.15, 0.2) is 5.78 Å². The fraction of sp³-hybridized carbons (Fsp3) is 0.231. The lowest BCUT2D eigenvalue weighted by atomic mass is 9.85. The predicted octanol–water partition coefficient (Wildman–Crippen LogP) is 2.22. The van der Waals surface area contributed by atoms with Crippen LogP contribution in [0.2, 0.25) is 0 Å². The van der Waals surface area contributed by atoms with E-state index >= 15 is 0 Å². The Balaban J connectivity index is 2.80. The van der Waals surface area contributed by atoms with Crippen LogP contribution in [-0.2, 0) is 0 Å². The van der Waals surface area contributed by atoms with Crippen LogP contribution in [0, 0.1) is 18.2 Å². The molecule has 0 unspecified atom stereocenters. The third-order valence-electron chi connectivity index (χ3n) is 2.58. The molecule has 2 nitrogen and oxygen atoms in total. The second-order valence-corrected chi connectivity index (χ2v) is 4.16. The Bertz CT molecular complexity index is 550. The summed E-state index contributed by atoms with van der Waals surface area (Å²) in [7, 11) is 0. The quantitative estimate of drug-likeness (QED) is 0.610. The molecular weight excluding hydrogens is 205 g/mol. The Kier molecular flexibility index (Phi) is 2.16. The van der Waals surface area contributed by atoms with Crippen molar-refractivity contribution in [1.29, 1.82) is 0 Å². The highest BCUT2D eigenvalue weighted by molar-refractivity contribution is 6.23. The largest absolute Gasteiger partial charge is 0.291 e. The molecule has 0 spiro atoms. The van der Waals surface area contributed by atoms with E-state index in [0.717, 1.165) is 0 Å². The lowest BCUT2D eigenvalue weighted by molar-refractivity contribution is 0.0908. The van der Waals surface area contributed by atoms with Gasteiger partial charge in [0.25, 0.3) is 0 Å². The second kappa shape index (κ2) is 3.28. The average molecular weight is 215 g/mol. The van der Waals surface area contributed by atoms with Crippen LogP contribution in [0.5, 0.6) is 0 Å². The molecule has 0 saturated carbocycles. The van der Waals surface area contributed by atoms with Crippen molar-refractivity contribution in [2.24, 2.45) is 4.99 Å². The lowest BCUT2D eigenvalue weighted by Gasteiger charge is -2.25. The standard InChI is InChI=1S/C13H10FNO/c1-4-10-8-6-5-7-9(14)11(8)12(16)13(2,3)15-10/h1,5-7H,2-3H3. The number of fused-ring (bicyclic) bond motifs is 1. The molecule has 1 aliphatic rings. The van der Waals surface area contributed by atoms with E-state index in [0.29, 0.717) is 11.3 Å². The highest BCUT2D eigenvalue weighted by atomic mass is 19.1. The van der Waals surface area contributed by atoms with Crippen LogP contribution in [0.4, 0.5) is 4.39 Å². The number of halogens is 1. The molecule has 0 aromatic heterocycles. The normalized spacial score (nSPS) is 17.4. The molecule has 1 aliphatic heterocycles. The molecule has 0 atom stereocenters. The molecule has 1 heterocycles. The molecule has 0 N–H and O–H groups in total. The molecule has 0 fully saturated rings. The van der Waals surface area contributed by atoms with E-state index in [-0.39, 0.29) is 11.3 Å². The summed E-state index contributed by atoms with van der Waals surface area (Å²) in [5.41, 5.74) is -0.196. The zero-order valence-electron chi connectivity index (χ0n) is 9.04. The van der Waals surface area contributed by atoms with E-state index in [4.69, 9.17) is 6.42 Å². The molecule has 1 aromatic carbocycles. The maximum atomic E-state index is 13.6. The number of Topliss-reactive ketones (excluding diaryl/α,β-unsaturated/α-hetero) is 1. The van der Waals surface area contributed by atoms with Crippen LogP contribution >= 0.6 is 0 Å². The Morgan fingerprint density at radius 2 is 2.12 bits per heavy atom. The molecule has 16 heavy (non-hydrogen) atoms. The monoisotopic (exact) mass is 215 g/mol. The second-order valence-electron chi connectivity index (χ2n) is 4.16. The van der Waals surface area contributed by atoms with Gasteiger partial charge < -0.3 is 0 Å². The van der Waals surface area contributed by atoms with Crippen LogP contribution in [0.3, 0.4) is 0 Å². The van der Waals surface area contributed by atoms with Crippen LogP contribution in [0.25, 0.3) is 0 Å². The minimum Gasteiger partial charge on any atom is -0.291 e. The van der Waals surface area contributed by atoms with Crippen LogP contribution in [0.1, 0.15) is 29.8 Å². The topological polar surface area (TPSA) is 29.4 Å². The van der Waals surface area contributed by atoms with Gasteiger partial charge in [0.2, 0.25) is 0 Å². The zero-order valence-corrected chi connectivity index (χ0v) is 9.04. The van der Waals surface area contributed by atoms with Crippen molar-refractivity contribution in [2.45, 2.75) is 19.4 Å². The Hall–Kier alpha value is -1.95. The zero-order chi connectivity index (χ0) is 11.9. The number of aliphatic imine (C=N–C) groups is 1. The minimum atomic E-state index is -0.989. The van der Waals surface area contributed by atoms with E-state index in [1.165, 1.54) is 12.1 Å². The molecule has 1 aromatic rings. The molecular formula is C13H10FNO. The molecule has 0 aliphatic carbocycles. The highest BCUT2D eigenvalue weighted by Crippen LogP contribution is 2.28. The van der Waals surface area contributed by atoms with Gasteiger partial charge in [0, 0.05) is 5.56 Å². The maximum absolute atomic E-state index is 13.6. The number of nitrogens with zero attached hydrogens (tertiary/aromatic N) is 1. The van der Waals surface area contributed by atoms with Gasteiger partial charge in [-0.3, -0.25) is 9.79 Å². The Morgan fingerprint density at radius 3 is 2.75 bits per heavy atom. The smallest absolute Gasteiger partial charge is 0.193 e. The van der Waals surface area contributed by atoms with Crippen molar-refractivity contribution in [3.63, 3.8) is 0 Å². The summed E-state index contributed by atoms with van der Waals surface area (Å²) in [5.74, 6) is 1.52. The number of hydrogen-bond acceptors (Lipinski definition) is 2. The third-order valence-corrected chi connectivity index (χ3v) is 2.58. The van der Waals surface area contributed by atoms with Crippen LogP contribution in [-0.4, -0.2) is 17.0 Å². The summed E-state index contributed by atoms with van der Waals surface area (Å²) in [4.78, 5) is 16.2. The average Bonchev–Trinajstić information content (AvgIpc) is 2.23. The van der Waals surface area contributed by atoms with Gasteiger partial charge in [-0.1, -0.05) is 18.1 Å². The van der Waals surface area contributed by atoms with Gasteiger partial charge in [-0.25, -0.2) is 4.39 Å². The number of hydrogen-bond donors (Lipinski definition) is 0. The van der Waals surface area contributed by atoms with Crippen LogP contribution < -0.4 is 0 Å². The fourth-order valence-corrected chi connectivity index (χ4v) is 1.76. The highest BCUT2D eigenvalue weighted by Gasteiger charge is 2.36. The molecule has 0 radical (unpaired) electrons. The van der Waals surface area contributed by atoms with Crippen molar-refractivity contribution in [1.82, 2.24) is 0 Å². The summed E-state index contributed by atoms with van der Waals surface area (Å²) in [6.45, 7) is 3.25. The number of carbonyl (C=O) groups is 1. The number of rotatable bonds is 0. The van der Waals surface area contributed by atoms with Gasteiger partial charge in [-0.05, 0) is 19.9 Å². The fourth-order valence-electron chi connectivity index (χ4n) is 1.76. The van der Waals surface area contributed by atoms with E-state index in [1.807, 2.05) is 0 Å². The molecule has 3 heteroatoms. The first-order valence-corrected chi connectivity index (χ1v) is 4.87. The SMILES string of the molecule is C#CC1=NC(C)(C)C(=O)c2c(F)cccc21. The van der Waals surface area contributed by atoms with E-state index < -0.39 is 11.4 Å². The van der Waals surface area contributed by atoms with Crippen LogP contribution in [0.15, 0.2) is 23.2 Å². The molecule has 0 saturated heterocycles. The molecule has 80 valence electrons. The first kappa shape index (κ1) is 10.6. The molecule has 0 bridgehead atoms. The predicted molar refractivity (Wildman–Crippen MR) is 60.2 cm³/mol. The van der Waals surface area contributed by atoms with E-state index in [1.54, 1.807) is 19.9 Å². The van der Waals surface area contributed by atoms with Crippen molar-refractivity contribution < 1.29 is 9.18 Å². The number of benzene rings is 1. The number of ketones is 1. The Labute approximate surface area is 93.2 Å². The number of terminal acetylenes is 1. The summed E-state index contributed by atoms with van der Waals surface area (Å²) in [5, 5.41) is 0. The Morgan fingerprint density at radius 1 is 1.44 bits per heavy atom.